The molecule has 1 N–H and O–H groups in total. The first kappa shape index (κ1) is 14.9. The molecule has 0 aliphatic rings. The zero-order chi connectivity index (χ0) is 15.5. The molecule has 22 heavy (non-hydrogen) atoms. The number of hydrogen-bond donors (Lipinski definition) is 1. The van der Waals surface area contributed by atoms with E-state index >= 15 is 0 Å². The third-order valence-electron chi connectivity index (χ3n) is 3.41. The normalized spacial score (nSPS) is 10.8. The Hall–Kier alpha value is -1.97. The molecule has 0 bridgehead atoms. The van der Waals surface area contributed by atoms with Crippen LogP contribution in [0.15, 0.2) is 48.7 Å². The first-order valence-electron chi connectivity index (χ1n) is 6.78. The minimum absolute atomic E-state index is 0.136. The van der Waals surface area contributed by atoms with E-state index < -0.39 is 0 Å². The van der Waals surface area contributed by atoms with Gasteiger partial charge in [-0.05, 0) is 23.8 Å². The zero-order valence-corrected chi connectivity index (χ0v) is 13.1. The molecule has 0 unspecified atom stereocenters. The summed E-state index contributed by atoms with van der Waals surface area (Å²) < 4.78 is 5.29. The maximum atomic E-state index is 12.0. The van der Waals surface area contributed by atoms with Crippen molar-refractivity contribution in [3.05, 3.63) is 69.8 Å². The fourth-order valence-corrected chi connectivity index (χ4v) is 2.74. The van der Waals surface area contributed by atoms with Crippen molar-refractivity contribution >= 4 is 40.1 Å². The second-order valence-electron chi connectivity index (χ2n) is 4.93. The van der Waals surface area contributed by atoms with E-state index in [1.54, 1.807) is 18.2 Å². The van der Waals surface area contributed by atoms with Crippen LogP contribution < -0.4 is 0 Å². The summed E-state index contributed by atoms with van der Waals surface area (Å²) in [5.41, 5.74) is 2.66. The summed E-state index contributed by atoms with van der Waals surface area (Å²) in [5, 5.41) is 2.08. The number of fused-ring (bicyclic) bond motifs is 1. The van der Waals surface area contributed by atoms with Gasteiger partial charge in [0.2, 0.25) is 0 Å². The maximum Gasteiger partial charge on any atom is 0.310 e. The molecule has 3 rings (SSSR count). The lowest BCUT2D eigenvalue weighted by molar-refractivity contribution is -0.144. The van der Waals surface area contributed by atoms with Gasteiger partial charge in [-0.1, -0.05) is 47.5 Å². The van der Waals surface area contributed by atoms with E-state index in [1.807, 2.05) is 30.5 Å². The molecule has 0 atom stereocenters. The van der Waals surface area contributed by atoms with Crippen LogP contribution in [0, 0.1) is 0 Å². The Bertz CT molecular complexity index is 826. The molecule has 5 heteroatoms. The average molecular weight is 334 g/mol. The second kappa shape index (κ2) is 6.42. The van der Waals surface area contributed by atoms with Crippen molar-refractivity contribution in [1.82, 2.24) is 4.98 Å². The van der Waals surface area contributed by atoms with Crippen molar-refractivity contribution in [3.63, 3.8) is 0 Å². The van der Waals surface area contributed by atoms with Gasteiger partial charge in [-0.3, -0.25) is 4.79 Å². The van der Waals surface area contributed by atoms with Crippen LogP contribution >= 0.6 is 23.2 Å². The number of nitrogens with one attached hydrogen (secondary N) is 1. The summed E-state index contributed by atoms with van der Waals surface area (Å²) in [5.74, 6) is -0.296. The third kappa shape index (κ3) is 3.26. The van der Waals surface area contributed by atoms with Gasteiger partial charge in [-0.25, -0.2) is 0 Å². The van der Waals surface area contributed by atoms with Crippen molar-refractivity contribution in [2.75, 3.05) is 0 Å². The highest BCUT2D eigenvalue weighted by molar-refractivity contribution is 6.35. The van der Waals surface area contributed by atoms with Crippen LogP contribution in [0.1, 0.15) is 11.1 Å². The summed E-state index contributed by atoms with van der Waals surface area (Å²) in [7, 11) is 0. The Morgan fingerprint density at radius 1 is 1.09 bits per heavy atom. The topological polar surface area (TPSA) is 42.1 Å². The number of carbonyl (C=O) groups is 1. The summed E-state index contributed by atoms with van der Waals surface area (Å²) >= 11 is 11.9. The van der Waals surface area contributed by atoms with E-state index in [-0.39, 0.29) is 19.0 Å². The van der Waals surface area contributed by atoms with E-state index in [2.05, 4.69) is 4.98 Å². The monoisotopic (exact) mass is 333 g/mol. The molecule has 1 aromatic heterocycles. The van der Waals surface area contributed by atoms with E-state index in [0.29, 0.717) is 10.0 Å². The average Bonchev–Trinajstić information content (AvgIpc) is 2.90. The number of halogens is 2. The molecule has 0 aliphatic heterocycles. The third-order valence-corrected chi connectivity index (χ3v) is 4.00. The Labute approximate surface area is 137 Å². The Morgan fingerprint density at radius 3 is 2.73 bits per heavy atom. The number of para-hydroxylation sites is 1. The Kier molecular flexibility index (Phi) is 4.36. The highest BCUT2D eigenvalue weighted by atomic mass is 35.5. The van der Waals surface area contributed by atoms with Gasteiger partial charge in [0.15, 0.2) is 0 Å². The molecule has 0 saturated heterocycles. The quantitative estimate of drug-likeness (QED) is 0.699. The summed E-state index contributed by atoms with van der Waals surface area (Å²) in [6, 6.07) is 12.9. The lowest BCUT2D eigenvalue weighted by Gasteiger charge is -2.06. The molecule has 0 aliphatic carbocycles. The van der Waals surface area contributed by atoms with Gasteiger partial charge < -0.3 is 9.72 Å². The number of aromatic nitrogens is 1. The minimum atomic E-state index is -0.296. The van der Waals surface area contributed by atoms with Gasteiger partial charge >= 0.3 is 5.97 Å². The molecule has 1 heterocycles. The second-order valence-corrected chi connectivity index (χ2v) is 5.78. The van der Waals surface area contributed by atoms with E-state index in [4.69, 9.17) is 27.9 Å². The smallest absolute Gasteiger partial charge is 0.310 e. The molecule has 112 valence electrons. The number of benzene rings is 2. The van der Waals surface area contributed by atoms with Crippen LogP contribution in [0.3, 0.4) is 0 Å². The van der Waals surface area contributed by atoms with Gasteiger partial charge in [-0.2, -0.15) is 0 Å². The molecule has 3 nitrogen and oxygen atoms in total. The highest BCUT2D eigenvalue weighted by Gasteiger charge is 2.11. The van der Waals surface area contributed by atoms with Crippen molar-refractivity contribution < 1.29 is 9.53 Å². The molecule has 0 radical (unpaired) electrons. The number of rotatable bonds is 4. The largest absolute Gasteiger partial charge is 0.460 e. The fourth-order valence-electron chi connectivity index (χ4n) is 2.28. The summed E-state index contributed by atoms with van der Waals surface area (Å²) in [6.45, 7) is 0.136. The number of H-pyrrole nitrogens is 1. The number of esters is 1. The van der Waals surface area contributed by atoms with Crippen LogP contribution in [-0.4, -0.2) is 11.0 Å². The molecule has 0 saturated carbocycles. The van der Waals surface area contributed by atoms with Crippen molar-refractivity contribution in [2.45, 2.75) is 13.0 Å². The van der Waals surface area contributed by atoms with E-state index in [1.165, 1.54) is 0 Å². The zero-order valence-electron chi connectivity index (χ0n) is 11.6. The van der Waals surface area contributed by atoms with Crippen LogP contribution in [0.5, 0.6) is 0 Å². The number of hydrogen-bond acceptors (Lipinski definition) is 2. The first-order valence-corrected chi connectivity index (χ1v) is 7.53. The first-order chi connectivity index (χ1) is 10.6. The van der Waals surface area contributed by atoms with Gasteiger partial charge in [0.05, 0.1) is 6.42 Å². The molecule has 2 aromatic carbocycles. The van der Waals surface area contributed by atoms with Gasteiger partial charge in [0.1, 0.15) is 6.61 Å². The molecular weight excluding hydrogens is 321 g/mol. The number of carbonyl (C=O) groups excluding carboxylic acids is 1. The molecule has 0 amide bonds. The lowest BCUT2D eigenvalue weighted by Crippen LogP contribution is -2.08. The summed E-state index contributed by atoms with van der Waals surface area (Å²) in [4.78, 5) is 15.1. The van der Waals surface area contributed by atoms with Gasteiger partial charge in [0, 0.05) is 32.7 Å². The minimum Gasteiger partial charge on any atom is -0.460 e. The predicted molar refractivity (Wildman–Crippen MR) is 88.3 cm³/mol. The standard InChI is InChI=1S/C17H13Cl2NO2/c18-13-6-5-11(15(19)8-13)10-22-17(21)7-12-9-20-16-4-2-1-3-14(12)16/h1-6,8-9,20H,7,10H2. The highest BCUT2D eigenvalue weighted by Crippen LogP contribution is 2.22. The van der Waals surface area contributed by atoms with Crippen molar-refractivity contribution in [2.24, 2.45) is 0 Å². The van der Waals surface area contributed by atoms with Gasteiger partial charge in [0.25, 0.3) is 0 Å². The van der Waals surface area contributed by atoms with Crippen molar-refractivity contribution in [3.8, 4) is 0 Å². The van der Waals surface area contributed by atoms with Crippen LogP contribution in [-0.2, 0) is 22.6 Å². The molecule has 0 fully saturated rings. The summed E-state index contributed by atoms with van der Waals surface area (Å²) in [6.07, 6.45) is 2.05. The molecular formula is C17H13Cl2NO2. The SMILES string of the molecule is O=C(Cc1c[nH]c2ccccc12)OCc1ccc(Cl)cc1Cl. The molecule has 3 aromatic rings. The lowest BCUT2D eigenvalue weighted by atomic mass is 10.1. The van der Waals surface area contributed by atoms with E-state index in [0.717, 1.165) is 22.0 Å². The van der Waals surface area contributed by atoms with Crippen LogP contribution in [0.4, 0.5) is 0 Å². The number of aromatic amines is 1. The van der Waals surface area contributed by atoms with Crippen molar-refractivity contribution in [1.29, 1.82) is 0 Å². The fraction of sp³-hybridized carbons (Fsp3) is 0.118. The predicted octanol–water partition coefficient (Wildman–Crippen LogP) is 4.76. The van der Waals surface area contributed by atoms with Crippen LogP contribution in [0.2, 0.25) is 10.0 Å². The number of ether oxygens (including phenoxy) is 1. The Morgan fingerprint density at radius 2 is 1.91 bits per heavy atom. The Balaban J connectivity index is 1.65. The molecule has 0 spiro atoms. The van der Waals surface area contributed by atoms with Gasteiger partial charge in [-0.15, -0.1) is 0 Å². The van der Waals surface area contributed by atoms with Crippen LogP contribution in [0.25, 0.3) is 10.9 Å². The van der Waals surface area contributed by atoms with E-state index in [9.17, 15) is 4.79 Å². The maximum absolute atomic E-state index is 12.0.